The molecule has 1 aromatic carbocycles. The molecule has 0 aliphatic carbocycles. The summed E-state index contributed by atoms with van der Waals surface area (Å²) >= 11 is 0. The summed E-state index contributed by atoms with van der Waals surface area (Å²) in [5.74, 6) is 0.527. The van der Waals surface area contributed by atoms with Gasteiger partial charge in [0, 0.05) is 12.7 Å². The van der Waals surface area contributed by atoms with Gasteiger partial charge in [0.2, 0.25) is 0 Å². The van der Waals surface area contributed by atoms with Crippen molar-refractivity contribution in [3.05, 3.63) is 24.3 Å². The first-order chi connectivity index (χ1) is 8.95. The molecule has 0 spiro atoms. The van der Waals surface area contributed by atoms with Crippen molar-refractivity contribution in [2.24, 2.45) is 10.7 Å². The highest BCUT2D eigenvalue weighted by Crippen LogP contribution is 2.18. The molecule has 0 amide bonds. The van der Waals surface area contributed by atoms with Gasteiger partial charge in [-0.15, -0.1) is 0 Å². The Morgan fingerprint density at radius 1 is 1.53 bits per heavy atom. The Morgan fingerprint density at radius 2 is 2.32 bits per heavy atom. The van der Waals surface area contributed by atoms with Crippen LogP contribution in [0.1, 0.15) is 6.42 Å². The number of ether oxygens (including phenoxy) is 2. The molecule has 1 aliphatic heterocycles. The van der Waals surface area contributed by atoms with Gasteiger partial charge < -0.3 is 15.2 Å². The molecule has 104 valence electrons. The van der Waals surface area contributed by atoms with Crippen LogP contribution in [-0.4, -0.2) is 40.0 Å². The van der Waals surface area contributed by atoms with Gasteiger partial charge in [0.15, 0.2) is 9.84 Å². The van der Waals surface area contributed by atoms with Gasteiger partial charge in [0.1, 0.15) is 12.4 Å². The number of hydrogen-bond acceptors (Lipinski definition) is 6. The molecule has 1 heterocycles. The van der Waals surface area contributed by atoms with Crippen molar-refractivity contribution in [3.8, 4) is 5.75 Å². The quantitative estimate of drug-likeness (QED) is 0.853. The molecule has 6 nitrogen and oxygen atoms in total. The van der Waals surface area contributed by atoms with Gasteiger partial charge in [-0.2, -0.15) is 0 Å². The Hall–Kier alpha value is -1.76. The number of benzene rings is 1. The van der Waals surface area contributed by atoms with E-state index in [4.69, 9.17) is 15.2 Å². The molecule has 0 fully saturated rings. The van der Waals surface area contributed by atoms with E-state index in [2.05, 4.69) is 4.99 Å². The van der Waals surface area contributed by atoms with E-state index < -0.39 is 9.84 Å². The molecule has 19 heavy (non-hydrogen) atoms. The predicted octanol–water partition coefficient (Wildman–Crippen LogP) is 0.573. The van der Waals surface area contributed by atoms with Crippen LogP contribution in [0, 0.1) is 0 Å². The number of nitrogens with zero attached hydrogens (tertiary/aromatic N) is 1. The van der Waals surface area contributed by atoms with E-state index in [-0.39, 0.29) is 17.0 Å². The fourth-order valence-electron chi connectivity index (χ4n) is 1.69. The highest BCUT2D eigenvalue weighted by Gasteiger charge is 2.16. The molecule has 2 N–H and O–H groups in total. The van der Waals surface area contributed by atoms with Crippen molar-refractivity contribution in [1.29, 1.82) is 0 Å². The second-order valence-electron chi connectivity index (χ2n) is 4.32. The number of sulfone groups is 1. The standard InChI is InChI=1S/C12H16N2O4S/c1-19(15,16)11-4-2-3-10(7-11)17-6-5-9-8-18-12(13)14-9/h2-4,7,9H,5-6,8H2,1H3,(H2,13,14)/t9-/m0/s1. The molecule has 0 bridgehead atoms. The van der Waals surface area contributed by atoms with Crippen LogP contribution in [0.3, 0.4) is 0 Å². The fraction of sp³-hybridized carbons (Fsp3) is 0.417. The van der Waals surface area contributed by atoms with E-state index in [0.717, 1.165) is 0 Å². The topological polar surface area (TPSA) is 91.0 Å². The highest BCUT2D eigenvalue weighted by atomic mass is 32.2. The summed E-state index contributed by atoms with van der Waals surface area (Å²) < 4.78 is 33.3. The van der Waals surface area contributed by atoms with Gasteiger partial charge in [-0.25, -0.2) is 13.4 Å². The maximum absolute atomic E-state index is 11.4. The summed E-state index contributed by atoms with van der Waals surface area (Å²) in [4.78, 5) is 4.32. The Morgan fingerprint density at radius 3 is 2.95 bits per heavy atom. The van der Waals surface area contributed by atoms with Crippen molar-refractivity contribution >= 4 is 15.9 Å². The van der Waals surface area contributed by atoms with Crippen LogP contribution in [0.5, 0.6) is 5.75 Å². The largest absolute Gasteiger partial charge is 0.493 e. The number of rotatable bonds is 5. The minimum Gasteiger partial charge on any atom is -0.493 e. The van der Waals surface area contributed by atoms with Crippen LogP contribution < -0.4 is 10.5 Å². The van der Waals surface area contributed by atoms with Gasteiger partial charge >= 0.3 is 0 Å². The molecule has 1 atom stereocenters. The second-order valence-corrected chi connectivity index (χ2v) is 6.33. The van der Waals surface area contributed by atoms with E-state index in [0.29, 0.717) is 25.4 Å². The second kappa shape index (κ2) is 5.48. The monoisotopic (exact) mass is 284 g/mol. The molecule has 0 unspecified atom stereocenters. The van der Waals surface area contributed by atoms with E-state index in [1.165, 1.54) is 18.4 Å². The van der Waals surface area contributed by atoms with E-state index >= 15 is 0 Å². The van der Waals surface area contributed by atoms with Gasteiger partial charge in [0.25, 0.3) is 6.02 Å². The number of aliphatic imine (C=N–C) groups is 1. The molecule has 1 aromatic rings. The average Bonchev–Trinajstić information content (AvgIpc) is 2.74. The lowest BCUT2D eigenvalue weighted by Crippen LogP contribution is -2.12. The van der Waals surface area contributed by atoms with Crippen molar-refractivity contribution in [3.63, 3.8) is 0 Å². The first-order valence-corrected chi connectivity index (χ1v) is 7.73. The fourth-order valence-corrected chi connectivity index (χ4v) is 2.35. The summed E-state index contributed by atoms with van der Waals surface area (Å²) in [5.41, 5.74) is 5.40. The summed E-state index contributed by atoms with van der Waals surface area (Å²) in [6.45, 7) is 0.899. The minimum absolute atomic E-state index is 0.0121. The molecular weight excluding hydrogens is 268 g/mol. The van der Waals surface area contributed by atoms with Gasteiger partial charge in [-0.05, 0) is 18.2 Å². The Labute approximate surface area is 112 Å². The molecule has 2 rings (SSSR count). The van der Waals surface area contributed by atoms with Crippen molar-refractivity contribution in [1.82, 2.24) is 0 Å². The lowest BCUT2D eigenvalue weighted by Gasteiger charge is -2.09. The van der Waals surface area contributed by atoms with Crippen molar-refractivity contribution < 1.29 is 17.9 Å². The van der Waals surface area contributed by atoms with Crippen LogP contribution >= 0.6 is 0 Å². The highest BCUT2D eigenvalue weighted by molar-refractivity contribution is 7.90. The Balaban J connectivity index is 1.90. The van der Waals surface area contributed by atoms with E-state index in [1.807, 2.05) is 0 Å². The number of hydrogen-bond donors (Lipinski definition) is 1. The Kier molecular flexibility index (Phi) is 3.94. The van der Waals surface area contributed by atoms with E-state index in [9.17, 15) is 8.42 Å². The summed E-state index contributed by atoms with van der Waals surface area (Å²) in [6.07, 6.45) is 1.84. The van der Waals surface area contributed by atoms with Crippen LogP contribution in [0.15, 0.2) is 34.2 Å². The predicted molar refractivity (Wildman–Crippen MR) is 71.0 cm³/mol. The Bertz CT molecular complexity index is 583. The molecule has 7 heteroatoms. The molecule has 0 saturated carbocycles. The maximum atomic E-state index is 11.4. The normalized spacial score (nSPS) is 18.8. The zero-order valence-electron chi connectivity index (χ0n) is 10.6. The first-order valence-electron chi connectivity index (χ1n) is 5.84. The zero-order chi connectivity index (χ0) is 13.9. The zero-order valence-corrected chi connectivity index (χ0v) is 11.4. The maximum Gasteiger partial charge on any atom is 0.282 e. The SMILES string of the molecule is CS(=O)(=O)c1cccc(OCC[C@H]2COC(N)=N2)c1. The van der Waals surface area contributed by atoms with Gasteiger partial charge in [-0.3, -0.25) is 0 Å². The lowest BCUT2D eigenvalue weighted by atomic mass is 10.2. The summed E-state index contributed by atoms with van der Waals surface area (Å²) in [7, 11) is -3.21. The third-order valence-electron chi connectivity index (χ3n) is 2.69. The summed E-state index contributed by atoms with van der Waals surface area (Å²) in [5, 5.41) is 0. The number of nitrogens with two attached hydrogens (primary N) is 1. The first kappa shape index (κ1) is 13.7. The van der Waals surface area contributed by atoms with Crippen molar-refractivity contribution in [2.75, 3.05) is 19.5 Å². The minimum atomic E-state index is -3.21. The van der Waals surface area contributed by atoms with Crippen LogP contribution in [0.4, 0.5) is 0 Å². The third kappa shape index (κ3) is 3.85. The lowest BCUT2D eigenvalue weighted by molar-refractivity contribution is 0.263. The average molecular weight is 284 g/mol. The van der Waals surface area contributed by atoms with Crippen molar-refractivity contribution in [2.45, 2.75) is 17.4 Å². The van der Waals surface area contributed by atoms with Gasteiger partial charge in [-0.1, -0.05) is 6.07 Å². The van der Waals surface area contributed by atoms with E-state index in [1.54, 1.807) is 12.1 Å². The number of amidine groups is 1. The van der Waals surface area contributed by atoms with Crippen LogP contribution in [-0.2, 0) is 14.6 Å². The molecule has 1 aliphatic rings. The smallest absolute Gasteiger partial charge is 0.282 e. The molecular formula is C12H16N2O4S. The molecule has 0 aromatic heterocycles. The van der Waals surface area contributed by atoms with Crippen LogP contribution in [0.25, 0.3) is 0 Å². The van der Waals surface area contributed by atoms with Crippen LogP contribution in [0.2, 0.25) is 0 Å². The summed E-state index contributed by atoms with van der Waals surface area (Å²) in [6, 6.07) is 6.65. The molecule has 0 saturated heterocycles. The molecule has 0 radical (unpaired) electrons. The third-order valence-corrected chi connectivity index (χ3v) is 3.80. The van der Waals surface area contributed by atoms with Gasteiger partial charge in [0.05, 0.1) is 17.5 Å².